The minimum absolute atomic E-state index is 0.0519. The van der Waals surface area contributed by atoms with Crippen molar-refractivity contribution in [3.63, 3.8) is 0 Å². The van der Waals surface area contributed by atoms with E-state index >= 15 is 0 Å². The molecule has 2 rings (SSSR count). The van der Waals surface area contributed by atoms with Crippen LogP contribution in [0.15, 0.2) is 47.5 Å². The standard InChI is InChI=1S/C14H13FN2O2/c15-12-4-2-1-3-10(12)5-8-17-14(19)11-9-16-7-6-13(11)18/h1-4,6-7,9H,5,8H2,(H,16,18)(H,17,19). The Morgan fingerprint density at radius 1 is 1.26 bits per heavy atom. The number of amides is 1. The fraction of sp³-hybridized carbons (Fsp3) is 0.143. The molecule has 0 atom stereocenters. The molecule has 0 aliphatic carbocycles. The van der Waals surface area contributed by atoms with Crippen molar-refractivity contribution in [2.75, 3.05) is 6.54 Å². The number of carbonyl (C=O) groups excluding carboxylic acids is 1. The van der Waals surface area contributed by atoms with Crippen LogP contribution < -0.4 is 10.7 Å². The van der Waals surface area contributed by atoms with Gasteiger partial charge in [-0.15, -0.1) is 0 Å². The van der Waals surface area contributed by atoms with E-state index < -0.39 is 5.91 Å². The summed E-state index contributed by atoms with van der Waals surface area (Å²) in [5.74, 6) is -0.757. The first-order valence-electron chi connectivity index (χ1n) is 5.87. The van der Waals surface area contributed by atoms with E-state index in [-0.39, 0.29) is 23.4 Å². The van der Waals surface area contributed by atoms with Gasteiger partial charge in [0.15, 0.2) is 5.43 Å². The molecule has 1 aromatic carbocycles. The molecule has 2 N–H and O–H groups in total. The molecule has 0 fully saturated rings. The second kappa shape index (κ2) is 5.95. The van der Waals surface area contributed by atoms with Crippen LogP contribution in [0, 0.1) is 5.82 Å². The van der Waals surface area contributed by atoms with Crippen LogP contribution in [0.4, 0.5) is 4.39 Å². The summed E-state index contributed by atoms with van der Waals surface area (Å²) < 4.78 is 13.3. The van der Waals surface area contributed by atoms with Crippen molar-refractivity contribution in [3.05, 3.63) is 69.9 Å². The van der Waals surface area contributed by atoms with E-state index in [9.17, 15) is 14.0 Å². The lowest BCUT2D eigenvalue weighted by Gasteiger charge is -2.05. The van der Waals surface area contributed by atoms with Crippen molar-refractivity contribution in [1.29, 1.82) is 0 Å². The molecule has 5 heteroatoms. The number of H-pyrrole nitrogens is 1. The third-order valence-electron chi connectivity index (χ3n) is 2.71. The fourth-order valence-electron chi connectivity index (χ4n) is 1.70. The molecule has 0 spiro atoms. The molecular formula is C14H13FN2O2. The molecule has 0 aliphatic rings. The monoisotopic (exact) mass is 260 g/mol. The molecule has 19 heavy (non-hydrogen) atoms. The fourth-order valence-corrected chi connectivity index (χ4v) is 1.70. The number of halogens is 1. The number of aromatic amines is 1. The molecule has 1 amide bonds. The molecule has 1 heterocycles. The van der Waals surface area contributed by atoms with Crippen molar-refractivity contribution in [1.82, 2.24) is 10.3 Å². The minimum atomic E-state index is -0.460. The predicted molar refractivity (Wildman–Crippen MR) is 69.5 cm³/mol. The SMILES string of the molecule is O=C(NCCc1ccccc1F)c1c[nH]ccc1=O. The Kier molecular flexibility index (Phi) is 4.07. The summed E-state index contributed by atoms with van der Waals surface area (Å²) >= 11 is 0. The number of carbonyl (C=O) groups is 1. The van der Waals surface area contributed by atoms with Crippen molar-refractivity contribution in [2.24, 2.45) is 0 Å². The molecule has 0 saturated heterocycles. The molecule has 4 nitrogen and oxygen atoms in total. The Morgan fingerprint density at radius 2 is 2.05 bits per heavy atom. The molecule has 98 valence electrons. The number of aromatic nitrogens is 1. The summed E-state index contributed by atoms with van der Waals surface area (Å²) in [6.45, 7) is 0.272. The highest BCUT2D eigenvalue weighted by Crippen LogP contribution is 2.06. The number of hydrogen-bond donors (Lipinski definition) is 2. The molecule has 0 saturated carbocycles. The summed E-state index contributed by atoms with van der Waals surface area (Å²) in [5, 5.41) is 2.59. The summed E-state index contributed by atoms with van der Waals surface area (Å²) in [6, 6.07) is 7.67. The Morgan fingerprint density at radius 3 is 2.79 bits per heavy atom. The largest absolute Gasteiger partial charge is 0.367 e. The zero-order valence-electron chi connectivity index (χ0n) is 10.2. The highest BCUT2D eigenvalue weighted by Gasteiger charge is 2.09. The molecule has 2 aromatic rings. The maximum absolute atomic E-state index is 13.3. The molecule has 0 bridgehead atoms. The van der Waals surface area contributed by atoms with Crippen LogP contribution in [0.5, 0.6) is 0 Å². The van der Waals surface area contributed by atoms with Crippen LogP contribution >= 0.6 is 0 Å². The highest BCUT2D eigenvalue weighted by atomic mass is 19.1. The number of hydrogen-bond acceptors (Lipinski definition) is 2. The van der Waals surface area contributed by atoms with Crippen LogP contribution in [0.3, 0.4) is 0 Å². The maximum atomic E-state index is 13.3. The molecule has 1 aromatic heterocycles. The average molecular weight is 260 g/mol. The second-order valence-corrected chi connectivity index (χ2v) is 4.02. The summed E-state index contributed by atoms with van der Waals surface area (Å²) in [4.78, 5) is 25.8. The topological polar surface area (TPSA) is 62.0 Å². The van der Waals surface area contributed by atoms with Gasteiger partial charge in [-0.25, -0.2) is 4.39 Å². The Labute approximate surface area is 109 Å². The lowest BCUT2D eigenvalue weighted by atomic mass is 10.1. The lowest BCUT2D eigenvalue weighted by Crippen LogP contribution is -2.30. The normalized spacial score (nSPS) is 10.2. The van der Waals surface area contributed by atoms with Gasteiger partial charge in [-0.3, -0.25) is 9.59 Å². The average Bonchev–Trinajstić information content (AvgIpc) is 2.41. The van der Waals surface area contributed by atoms with E-state index in [0.29, 0.717) is 12.0 Å². The van der Waals surface area contributed by atoms with Crippen LogP contribution in [0.1, 0.15) is 15.9 Å². The van der Waals surface area contributed by atoms with Gasteiger partial charge in [0.25, 0.3) is 5.91 Å². The first kappa shape index (κ1) is 13.0. The first-order valence-corrected chi connectivity index (χ1v) is 5.87. The van der Waals surface area contributed by atoms with Crippen LogP contribution in [-0.4, -0.2) is 17.4 Å². The Balaban J connectivity index is 1.94. The van der Waals surface area contributed by atoms with Crippen LogP contribution in [0.25, 0.3) is 0 Å². The van der Waals surface area contributed by atoms with Crippen molar-refractivity contribution >= 4 is 5.91 Å². The summed E-state index contributed by atoms with van der Waals surface area (Å²) in [6.07, 6.45) is 3.18. The smallest absolute Gasteiger partial charge is 0.256 e. The van der Waals surface area contributed by atoms with Gasteiger partial charge in [0.1, 0.15) is 11.4 Å². The second-order valence-electron chi connectivity index (χ2n) is 4.02. The molecule has 0 radical (unpaired) electrons. The van der Waals surface area contributed by atoms with E-state index in [0.717, 1.165) is 0 Å². The lowest BCUT2D eigenvalue weighted by molar-refractivity contribution is 0.0952. The Hall–Kier alpha value is -2.43. The maximum Gasteiger partial charge on any atom is 0.256 e. The van der Waals surface area contributed by atoms with Crippen molar-refractivity contribution in [2.45, 2.75) is 6.42 Å². The van der Waals surface area contributed by atoms with Gasteiger partial charge in [-0.1, -0.05) is 18.2 Å². The number of benzene rings is 1. The van der Waals surface area contributed by atoms with Gasteiger partial charge >= 0.3 is 0 Å². The van der Waals surface area contributed by atoms with Gasteiger partial charge in [-0.05, 0) is 18.1 Å². The minimum Gasteiger partial charge on any atom is -0.367 e. The van der Waals surface area contributed by atoms with Gasteiger partial charge in [0.05, 0.1) is 0 Å². The third kappa shape index (κ3) is 3.28. The van der Waals surface area contributed by atoms with Gasteiger partial charge in [0, 0.05) is 25.0 Å². The predicted octanol–water partition coefficient (Wildman–Crippen LogP) is 1.49. The van der Waals surface area contributed by atoms with E-state index in [1.807, 2.05) is 0 Å². The van der Waals surface area contributed by atoms with Gasteiger partial charge < -0.3 is 10.3 Å². The number of rotatable bonds is 4. The molecule has 0 aliphatic heterocycles. The van der Waals surface area contributed by atoms with E-state index in [4.69, 9.17) is 0 Å². The molecular weight excluding hydrogens is 247 g/mol. The third-order valence-corrected chi connectivity index (χ3v) is 2.71. The van der Waals surface area contributed by atoms with Gasteiger partial charge in [0.2, 0.25) is 0 Å². The van der Waals surface area contributed by atoms with Crippen LogP contribution in [-0.2, 0) is 6.42 Å². The van der Waals surface area contributed by atoms with E-state index in [1.165, 1.54) is 24.5 Å². The summed E-state index contributed by atoms with van der Waals surface area (Å²) in [7, 11) is 0. The summed E-state index contributed by atoms with van der Waals surface area (Å²) in [5.41, 5.74) is 0.239. The number of nitrogens with one attached hydrogen (secondary N) is 2. The van der Waals surface area contributed by atoms with E-state index in [2.05, 4.69) is 10.3 Å². The quantitative estimate of drug-likeness (QED) is 0.874. The van der Waals surface area contributed by atoms with Crippen LogP contribution in [0.2, 0.25) is 0 Å². The van der Waals surface area contributed by atoms with Gasteiger partial charge in [-0.2, -0.15) is 0 Å². The molecule has 0 unspecified atom stereocenters. The van der Waals surface area contributed by atoms with Crippen molar-refractivity contribution < 1.29 is 9.18 Å². The zero-order valence-corrected chi connectivity index (χ0v) is 10.2. The first-order chi connectivity index (χ1) is 9.18. The van der Waals surface area contributed by atoms with Crippen molar-refractivity contribution in [3.8, 4) is 0 Å². The van der Waals surface area contributed by atoms with E-state index in [1.54, 1.807) is 18.2 Å². The highest BCUT2D eigenvalue weighted by molar-refractivity contribution is 5.93. The number of pyridine rings is 1. The zero-order chi connectivity index (χ0) is 13.7. The Bertz CT molecular complexity index is 637.